The molecule has 3 aromatic carbocycles. The number of nitrogens with zero attached hydrogens (tertiary/aromatic N) is 1. The topological polar surface area (TPSA) is 117 Å². The lowest BCUT2D eigenvalue weighted by atomic mass is 9.80. The fraction of sp³-hybridized carbons (Fsp3) is 0.290. The number of hydrogen-bond acceptors (Lipinski definition) is 7. The number of rotatable bonds is 10. The number of nitrogens with one attached hydrogen (secondary N) is 1. The van der Waals surface area contributed by atoms with Crippen LogP contribution >= 0.6 is 0 Å². The highest BCUT2D eigenvalue weighted by atomic mass is 32.2. The van der Waals surface area contributed by atoms with Crippen molar-refractivity contribution in [2.75, 3.05) is 12.9 Å². The average Bonchev–Trinajstić information content (AvgIpc) is 3.36. The van der Waals surface area contributed by atoms with Gasteiger partial charge in [0.05, 0.1) is 12.9 Å². The molecule has 5 rings (SSSR count). The first-order valence-corrected chi connectivity index (χ1v) is 15.2. The molecular weight excluding hydrogens is 544 g/mol. The molecule has 0 unspecified atom stereocenters. The van der Waals surface area contributed by atoms with Gasteiger partial charge in [-0.3, -0.25) is 18.5 Å². The molecule has 1 saturated heterocycles. The molecular formula is C31H32N2O7S. The Bertz CT molecular complexity index is 1590. The Balaban J connectivity index is 1.56. The second-order valence-corrected chi connectivity index (χ2v) is 11.6. The van der Waals surface area contributed by atoms with Gasteiger partial charge in [0.15, 0.2) is 0 Å². The molecule has 2 heterocycles. The van der Waals surface area contributed by atoms with Crippen LogP contribution in [0.15, 0.2) is 107 Å². The van der Waals surface area contributed by atoms with E-state index in [-0.39, 0.29) is 13.0 Å². The Hall–Kier alpha value is -3.83. The third kappa shape index (κ3) is 6.11. The van der Waals surface area contributed by atoms with E-state index < -0.39 is 45.4 Å². The quantitative estimate of drug-likeness (QED) is 0.226. The fourth-order valence-corrected chi connectivity index (χ4v) is 5.97. The van der Waals surface area contributed by atoms with Gasteiger partial charge in [0, 0.05) is 18.2 Å². The van der Waals surface area contributed by atoms with Gasteiger partial charge in [0.25, 0.3) is 15.7 Å². The van der Waals surface area contributed by atoms with Crippen LogP contribution in [0.2, 0.25) is 0 Å². The number of ether oxygens (including phenoxy) is 2. The van der Waals surface area contributed by atoms with Gasteiger partial charge in [-0.25, -0.2) is 4.79 Å². The monoisotopic (exact) mass is 576 g/mol. The van der Waals surface area contributed by atoms with Crippen molar-refractivity contribution in [2.24, 2.45) is 0 Å². The molecule has 1 aromatic heterocycles. The second-order valence-electron chi connectivity index (χ2n) is 9.97. The van der Waals surface area contributed by atoms with Gasteiger partial charge in [-0.1, -0.05) is 97.9 Å². The first kappa shape index (κ1) is 28.7. The third-order valence-corrected chi connectivity index (χ3v) is 7.81. The van der Waals surface area contributed by atoms with E-state index in [1.54, 1.807) is 6.92 Å². The molecule has 9 nitrogen and oxygen atoms in total. The lowest BCUT2D eigenvalue weighted by Crippen LogP contribution is -2.39. The Morgan fingerprint density at radius 3 is 1.88 bits per heavy atom. The van der Waals surface area contributed by atoms with Gasteiger partial charge in [-0.15, -0.1) is 0 Å². The zero-order valence-corrected chi connectivity index (χ0v) is 23.6. The van der Waals surface area contributed by atoms with Crippen molar-refractivity contribution >= 4 is 10.1 Å². The van der Waals surface area contributed by atoms with Crippen molar-refractivity contribution in [3.63, 3.8) is 0 Å². The molecule has 0 saturated carbocycles. The van der Waals surface area contributed by atoms with E-state index >= 15 is 0 Å². The third-order valence-electron chi connectivity index (χ3n) is 7.22. The maximum atomic E-state index is 12.7. The van der Waals surface area contributed by atoms with Crippen LogP contribution in [0.3, 0.4) is 0 Å². The van der Waals surface area contributed by atoms with Crippen molar-refractivity contribution < 1.29 is 22.1 Å². The number of hydrogen-bond donors (Lipinski definition) is 1. The van der Waals surface area contributed by atoms with Crippen LogP contribution in [0.25, 0.3) is 0 Å². The summed E-state index contributed by atoms with van der Waals surface area (Å²) < 4.78 is 44.3. The lowest BCUT2D eigenvalue weighted by molar-refractivity contribution is -0.0910. The fourth-order valence-electron chi connectivity index (χ4n) is 5.32. The summed E-state index contributed by atoms with van der Waals surface area (Å²) in [4.78, 5) is 27.2. The van der Waals surface area contributed by atoms with Crippen molar-refractivity contribution in [1.82, 2.24) is 9.55 Å². The molecule has 1 aliphatic rings. The molecule has 3 atom stereocenters. The molecule has 0 spiro atoms. The molecule has 1 aliphatic heterocycles. The van der Waals surface area contributed by atoms with Crippen LogP contribution < -0.4 is 11.2 Å². The number of aromatic amines is 1. The van der Waals surface area contributed by atoms with Gasteiger partial charge in [-0.05, 0) is 23.1 Å². The van der Waals surface area contributed by atoms with E-state index in [9.17, 15) is 18.0 Å². The molecule has 41 heavy (non-hydrogen) atoms. The molecule has 0 amide bonds. The lowest BCUT2D eigenvalue weighted by Gasteiger charge is -2.37. The number of aryl methyl sites for hydroxylation is 1. The normalized spacial score (nSPS) is 19.3. The standard InChI is InChI=1S/C31H32N2O7S/c1-3-22-20-33(30(35)32-29(22)34)28-19-26(40-41(2,36)37)27(39-28)21-38-31(23-13-7-4-8-14-23,24-15-9-5-10-16-24)25-17-11-6-12-18-25/h4-18,20,26-28H,3,19,21H2,1-2H3,(H,32,34,35)/t26-,27+,28+/m0/s1. The second kappa shape index (κ2) is 12.0. The SMILES string of the molecule is CCc1cn([C@H]2C[C@H](OS(C)(=O)=O)[C@@H](COC(c3ccccc3)(c3ccccc3)c3ccccc3)O2)c(=O)[nH]c1=O. The molecule has 0 aliphatic carbocycles. The van der Waals surface area contributed by atoms with Gasteiger partial charge in [0.1, 0.15) is 24.0 Å². The predicted molar refractivity (Wildman–Crippen MR) is 154 cm³/mol. The zero-order chi connectivity index (χ0) is 29.0. The largest absolute Gasteiger partial charge is 0.358 e. The molecule has 10 heteroatoms. The summed E-state index contributed by atoms with van der Waals surface area (Å²) in [6.45, 7) is 1.74. The highest BCUT2D eigenvalue weighted by Crippen LogP contribution is 2.42. The van der Waals surface area contributed by atoms with Crippen molar-refractivity contribution in [2.45, 2.75) is 43.8 Å². The minimum absolute atomic E-state index is 0.0607. The minimum Gasteiger partial charge on any atom is -0.358 e. The van der Waals surface area contributed by atoms with Crippen LogP contribution in [0, 0.1) is 0 Å². The first-order chi connectivity index (χ1) is 19.7. The Morgan fingerprint density at radius 1 is 0.902 bits per heavy atom. The smallest absolute Gasteiger partial charge is 0.330 e. The maximum Gasteiger partial charge on any atom is 0.330 e. The highest BCUT2D eigenvalue weighted by molar-refractivity contribution is 7.86. The molecule has 214 valence electrons. The summed E-state index contributed by atoms with van der Waals surface area (Å²) in [7, 11) is -3.87. The average molecular weight is 577 g/mol. The molecule has 1 N–H and O–H groups in total. The van der Waals surface area contributed by atoms with E-state index in [4.69, 9.17) is 13.7 Å². The van der Waals surface area contributed by atoms with E-state index in [2.05, 4.69) is 4.98 Å². The first-order valence-electron chi connectivity index (χ1n) is 13.4. The van der Waals surface area contributed by atoms with Crippen LogP contribution in [0.5, 0.6) is 0 Å². The van der Waals surface area contributed by atoms with Crippen LogP contribution in [0.4, 0.5) is 0 Å². The number of aromatic nitrogens is 2. The number of benzene rings is 3. The van der Waals surface area contributed by atoms with Crippen LogP contribution in [-0.2, 0) is 35.8 Å². The predicted octanol–water partition coefficient (Wildman–Crippen LogP) is 3.74. The molecule has 4 aromatic rings. The maximum absolute atomic E-state index is 12.7. The van der Waals surface area contributed by atoms with Crippen LogP contribution in [0.1, 0.15) is 41.8 Å². The van der Waals surface area contributed by atoms with Crippen LogP contribution in [-0.4, -0.2) is 43.0 Å². The summed E-state index contributed by atoms with van der Waals surface area (Å²) in [6, 6.07) is 29.3. The minimum atomic E-state index is -3.87. The molecule has 0 bridgehead atoms. The number of H-pyrrole nitrogens is 1. The summed E-state index contributed by atoms with van der Waals surface area (Å²) in [5, 5.41) is 0. The summed E-state index contributed by atoms with van der Waals surface area (Å²) in [6.07, 6.45) is 0.242. The van der Waals surface area contributed by atoms with Gasteiger partial charge >= 0.3 is 5.69 Å². The van der Waals surface area contributed by atoms with Crippen molar-refractivity contribution in [3.8, 4) is 0 Å². The summed E-state index contributed by atoms with van der Waals surface area (Å²) in [5.41, 5.74) is 0.846. The molecule has 1 fully saturated rings. The summed E-state index contributed by atoms with van der Waals surface area (Å²) in [5.74, 6) is 0. The van der Waals surface area contributed by atoms with E-state index in [1.165, 1.54) is 10.8 Å². The van der Waals surface area contributed by atoms with Crippen molar-refractivity contribution in [1.29, 1.82) is 0 Å². The Labute approximate surface area is 238 Å². The van der Waals surface area contributed by atoms with E-state index in [0.717, 1.165) is 22.9 Å². The van der Waals surface area contributed by atoms with E-state index in [0.29, 0.717) is 12.0 Å². The Kier molecular flexibility index (Phi) is 8.37. The van der Waals surface area contributed by atoms with Gasteiger partial charge < -0.3 is 9.47 Å². The van der Waals surface area contributed by atoms with Gasteiger partial charge in [-0.2, -0.15) is 8.42 Å². The van der Waals surface area contributed by atoms with Gasteiger partial charge in [0.2, 0.25) is 0 Å². The van der Waals surface area contributed by atoms with Crippen molar-refractivity contribution in [3.05, 3.63) is 140 Å². The summed E-state index contributed by atoms with van der Waals surface area (Å²) >= 11 is 0. The van der Waals surface area contributed by atoms with E-state index in [1.807, 2.05) is 91.0 Å². The zero-order valence-electron chi connectivity index (χ0n) is 22.8. The molecule has 0 radical (unpaired) electrons. The Morgan fingerprint density at radius 2 is 1.41 bits per heavy atom. The highest BCUT2D eigenvalue weighted by Gasteiger charge is 2.44.